The van der Waals surface area contributed by atoms with Gasteiger partial charge in [0.15, 0.2) is 6.29 Å². The van der Waals surface area contributed by atoms with E-state index in [1.54, 1.807) is 6.92 Å². The molecule has 1 saturated heterocycles. The lowest BCUT2D eigenvalue weighted by molar-refractivity contribution is -0.132. The van der Waals surface area contributed by atoms with Crippen molar-refractivity contribution in [2.45, 2.75) is 118 Å². The highest BCUT2D eigenvalue weighted by molar-refractivity contribution is 5.88. The number of benzene rings is 2. The van der Waals surface area contributed by atoms with Crippen LogP contribution in [0.1, 0.15) is 92.7 Å². The molecule has 0 bridgehead atoms. The first-order valence-electron chi connectivity index (χ1n) is 17.0. The Morgan fingerprint density at radius 3 is 1.83 bits per heavy atom. The molecule has 0 aliphatic carbocycles. The number of carbonyl (C=O) groups excluding carboxylic acids is 3. The summed E-state index contributed by atoms with van der Waals surface area (Å²) >= 11 is 0. The van der Waals surface area contributed by atoms with E-state index in [1.165, 1.54) is 11.1 Å². The fourth-order valence-corrected chi connectivity index (χ4v) is 4.65. The van der Waals surface area contributed by atoms with Crippen LogP contribution in [0.15, 0.2) is 72.9 Å². The lowest BCUT2D eigenvalue weighted by atomic mass is 9.95. The minimum atomic E-state index is -0.560. The van der Waals surface area contributed by atoms with E-state index in [0.29, 0.717) is 12.5 Å². The van der Waals surface area contributed by atoms with Gasteiger partial charge in [0, 0.05) is 17.7 Å². The summed E-state index contributed by atoms with van der Waals surface area (Å²) in [6.45, 7) is 23.0. The Balaban J connectivity index is 0.000000609. The number of amides is 2. The van der Waals surface area contributed by atoms with Crippen molar-refractivity contribution in [1.82, 2.24) is 16.0 Å². The molecule has 2 aromatic carbocycles. The van der Waals surface area contributed by atoms with E-state index in [1.807, 2.05) is 52.0 Å². The van der Waals surface area contributed by atoms with Crippen LogP contribution in [0, 0.1) is 17.8 Å². The molecule has 1 aliphatic rings. The largest absolute Gasteiger partial charge is 0.385 e. The summed E-state index contributed by atoms with van der Waals surface area (Å²) < 4.78 is 4.68. The first kappa shape index (κ1) is 40.6. The highest BCUT2D eigenvalue weighted by Crippen LogP contribution is 2.21. The molecule has 1 aliphatic heterocycles. The van der Waals surface area contributed by atoms with Crippen LogP contribution in [0.25, 0.3) is 0 Å². The van der Waals surface area contributed by atoms with Crippen LogP contribution in [0.5, 0.6) is 0 Å². The van der Waals surface area contributed by atoms with Crippen molar-refractivity contribution in [3.8, 4) is 0 Å². The Labute approximate surface area is 279 Å². The number of epoxide rings is 1. The maximum Gasteiger partial charge on any atom is 0.243 e. The fraction of sp³-hybridized carbons (Fsp3) is 0.564. The maximum atomic E-state index is 13.1. The second-order valence-electron chi connectivity index (χ2n) is 13.3. The van der Waals surface area contributed by atoms with Crippen LogP contribution in [-0.4, -0.2) is 48.4 Å². The van der Waals surface area contributed by atoms with Crippen LogP contribution >= 0.6 is 0 Å². The first-order valence-corrected chi connectivity index (χ1v) is 17.0. The van der Waals surface area contributed by atoms with E-state index in [4.69, 9.17) is 0 Å². The number of hydrogen-bond donors (Lipinski definition) is 3. The van der Waals surface area contributed by atoms with Gasteiger partial charge in [0.25, 0.3) is 0 Å². The van der Waals surface area contributed by atoms with E-state index >= 15 is 0 Å². The van der Waals surface area contributed by atoms with Crippen LogP contribution in [-0.2, 0) is 32.0 Å². The summed E-state index contributed by atoms with van der Waals surface area (Å²) in [6, 6.07) is 20.1. The fourth-order valence-electron chi connectivity index (χ4n) is 4.65. The number of nitrogens with one attached hydrogen (secondary N) is 3. The highest BCUT2D eigenvalue weighted by atomic mass is 16.6. The zero-order valence-corrected chi connectivity index (χ0v) is 29.9. The summed E-state index contributed by atoms with van der Waals surface area (Å²) in [7, 11) is 0. The zero-order chi connectivity index (χ0) is 34.7. The van der Waals surface area contributed by atoms with Crippen molar-refractivity contribution >= 4 is 18.1 Å². The monoisotopic (exact) mass is 635 g/mol. The molecule has 5 unspecified atom stereocenters. The molecule has 256 valence electrons. The molecule has 3 rings (SSSR count). The topological polar surface area (TPSA) is 99.8 Å². The summed E-state index contributed by atoms with van der Waals surface area (Å²) in [6.07, 6.45) is 5.39. The maximum absolute atomic E-state index is 13.1. The summed E-state index contributed by atoms with van der Waals surface area (Å²) in [5.41, 5.74) is 3.03. The van der Waals surface area contributed by atoms with Gasteiger partial charge < -0.3 is 25.5 Å². The SMILES string of the molecule is C=C(NC(C)CC(C)C)C(C)NC(=O)C(NC(=O)[C@@H](C)CCc1ccccc1)C(C)CC.CC1(C=O)CO1.CCc1ccccc1. The molecule has 6 atom stereocenters. The molecular weight excluding hydrogens is 574 g/mol. The minimum absolute atomic E-state index is 0.0357. The predicted octanol–water partition coefficient (Wildman–Crippen LogP) is 7.05. The van der Waals surface area contributed by atoms with Crippen molar-refractivity contribution in [3.05, 3.63) is 84.1 Å². The van der Waals surface area contributed by atoms with Gasteiger partial charge in [-0.1, -0.05) is 115 Å². The van der Waals surface area contributed by atoms with Gasteiger partial charge in [-0.15, -0.1) is 0 Å². The molecule has 0 spiro atoms. The Morgan fingerprint density at radius 1 is 0.870 bits per heavy atom. The molecule has 2 amide bonds. The molecule has 7 heteroatoms. The van der Waals surface area contributed by atoms with Gasteiger partial charge >= 0.3 is 0 Å². The average molecular weight is 636 g/mol. The van der Waals surface area contributed by atoms with Gasteiger partial charge in [0.05, 0.1) is 12.6 Å². The van der Waals surface area contributed by atoms with E-state index in [9.17, 15) is 14.4 Å². The first-order chi connectivity index (χ1) is 21.7. The number of aryl methyl sites for hydroxylation is 2. The number of hydrogen-bond acceptors (Lipinski definition) is 5. The third-order valence-electron chi connectivity index (χ3n) is 8.19. The van der Waals surface area contributed by atoms with Gasteiger partial charge in [0.1, 0.15) is 11.6 Å². The van der Waals surface area contributed by atoms with Crippen LogP contribution < -0.4 is 16.0 Å². The van der Waals surface area contributed by atoms with Crippen molar-refractivity contribution < 1.29 is 19.1 Å². The van der Waals surface area contributed by atoms with Crippen LogP contribution in [0.4, 0.5) is 0 Å². The molecule has 46 heavy (non-hydrogen) atoms. The molecule has 1 fully saturated rings. The Hall–Kier alpha value is -3.45. The van der Waals surface area contributed by atoms with Gasteiger partial charge in [-0.25, -0.2) is 0 Å². The van der Waals surface area contributed by atoms with Gasteiger partial charge in [-0.3, -0.25) is 9.59 Å². The standard InChI is InChI=1S/C27H45N3O2.C8H10.C4H6O2/c1-9-19(4)25(27(32)29-23(8)22(7)28-21(6)17-18(2)3)30-26(31)20(5)15-16-24-13-11-10-12-14-24;1-2-8-6-4-3-5-7-8;1-4(2-5)3-6-4/h10-14,18-21,23,25,28H,7,9,15-17H2,1-6,8H3,(H,29,32)(H,30,31);3-7H,2H2,1H3;2H,3H2,1H3/t19?,20-,21?,23?,25?;;/m0../s1. The molecule has 0 radical (unpaired) electrons. The second kappa shape index (κ2) is 21.4. The van der Waals surface area contributed by atoms with Gasteiger partial charge in [-0.2, -0.15) is 0 Å². The predicted molar refractivity (Wildman–Crippen MR) is 190 cm³/mol. The Kier molecular flexibility index (Phi) is 18.8. The third kappa shape index (κ3) is 16.7. The third-order valence-corrected chi connectivity index (χ3v) is 8.19. The number of carbonyl (C=O) groups is 3. The molecule has 2 aromatic rings. The second-order valence-corrected chi connectivity index (χ2v) is 13.3. The number of aldehydes is 1. The van der Waals surface area contributed by atoms with Crippen molar-refractivity contribution in [2.75, 3.05) is 6.61 Å². The molecule has 0 saturated carbocycles. The van der Waals surface area contributed by atoms with Gasteiger partial charge in [-0.05, 0) is 69.4 Å². The molecular formula is C39H61N3O4. The Morgan fingerprint density at radius 2 is 1.41 bits per heavy atom. The molecule has 3 N–H and O–H groups in total. The van der Waals surface area contributed by atoms with Crippen molar-refractivity contribution in [3.63, 3.8) is 0 Å². The van der Waals surface area contributed by atoms with Crippen LogP contribution in [0.2, 0.25) is 0 Å². The number of rotatable bonds is 16. The summed E-state index contributed by atoms with van der Waals surface area (Å²) in [4.78, 5) is 35.7. The molecule has 7 nitrogen and oxygen atoms in total. The van der Waals surface area contributed by atoms with Gasteiger partial charge in [0.2, 0.25) is 11.8 Å². The van der Waals surface area contributed by atoms with E-state index in [0.717, 1.165) is 44.1 Å². The van der Waals surface area contributed by atoms with E-state index in [2.05, 4.69) is 91.4 Å². The summed E-state index contributed by atoms with van der Waals surface area (Å²) in [5.74, 6) is 0.226. The lowest BCUT2D eigenvalue weighted by Gasteiger charge is -2.28. The van der Waals surface area contributed by atoms with Crippen LogP contribution in [0.3, 0.4) is 0 Å². The molecule has 1 heterocycles. The summed E-state index contributed by atoms with van der Waals surface area (Å²) in [5, 5.41) is 9.45. The van der Waals surface area contributed by atoms with E-state index < -0.39 is 6.04 Å². The average Bonchev–Trinajstić information content (AvgIpc) is 3.80. The van der Waals surface area contributed by atoms with Crippen molar-refractivity contribution in [1.29, 1.82) is 0 Å². The quantitative estimate of drug-likeness (QED) is 0.136. The minimum Gasteiger partial charge on any atom is -0.385 e. The van der Waals surface area contributed by atoms with Crippen molar-refractivity contribution in [2.24, 2.45) is 17.8 Å². The van der Waals surface area contributed by atoms with E-state index in [-0.39, 0.29) is 41.3 Å². The highest BCUT2D eigenvalue weighted by Gasteiger charge is 2.38. The molecule has 0 aromatic heterocycles. The normalized spacial score (nSPS) is 18.1. The number of ether oxygens (including phenoxy) is 1. The smallest absolute Gasteiger partial charge is 0.243 e. The zero-order valence-electron chi connectivity index (χ0n) is 29.9. The lowest BCUT2D eigenvalue weighted by Crippen LogP contribution is -2.54. The Bertz CT molecular complexity index is 1160.